The van der Waals surface area contributed by atoms with Crippen LogP contribution in [0.25, 0.3) is 0 Å². The van der Waals surface area contributed by atoms with Crippen molar-refractivity contribution in [1.82, 2.24) is 5.32 Å². The number of carbonyl (C=O) groups is 1. The Balaban J connectivity index is 1.54. The van der Waals surface area contributed by atoms with Gasteiger partial charge < -0.3 is 5.32 Å². The maximum atomic E-state index is 11.9. The molecule has 2 rings (SSSR count). The van der Waals surface area contributed by atoms with Crippen LogP contribution in [0, 0.1) is 5.92 Å². The van der Waals surface area contributed by atoms with Crippen LogP contribution in [0.1, 0.15) is 77.0 Å². The molecule has 0 bridgehead atoms. The highest BCUT2D eigenvalue weighted by Crippen LogP contribution is 2.27. The third-order valence-electron chi connectivity index (χ3n) is 4.74. The Kier molecular flexibility index (Phi) is 6.19. The van der Waals surface area contributed by atoms with Gasteiger partial charge in [-0.3, -0.25) is 4.79 Å². The predicted octanol–water partition coefficient (Wildman–Crippen LogP) is 3.84. The molecule has 2 fully saturated rings. The molecular formula is C16H29NO. The number of hydrogen-bond acceptors (Lipinski definition) is 2. The van der Waals surface area contributed by atoms with Crippen LogP contribution in [0.5, 0.6) is 0 Å². The highest BCUT2D eigenvalue weighted by molar-refractivity contribution is 5.78. The molecule has 2 aliphatic rings. The van der Waals surface area contributed by atoms with Crippen molar-refractivity contribution in [2.45, 2.75) is 83.1 Å². The number of carbonyl (C=O) groups excluding carboxylic acids is 1. The second-order valence-corrected chi connectivity index (χ2v) is 6.27. The molecule has 18 heavy (non-hydrogen) atoms. The van der Waals surface area contributed by atoms with E-state index in [2.05, 4.69) is 5.32 Å². The highest BCUT2D eigenvalue weighted by Gasteiger charge is 2.16. The lowest BCUT2D eigenvalue weighted by molar-refractivity contribution is -0.119. The van der Waals surface area contributed by atoms with E-state index < -0.39 is 0 Å². The maximum absolute atomic E-state index is 11.9. The van der Waals surface area contributed by atoms with E-state index in [1.165, 1.54) is 51.4 Å². The standard InChI is InChI=1S/C16H29NO/c18-16(11-9-14-6-2-1-3-7-14)12-10-15-8-4-5-13-17-15/h14-15,17H,1-13H2. The van der Waals surface area contributed by atoms with E-state index in [-0.39, 0.29) is 0 Å². The van der Waals surface area contributed by atoms with E-state index >= 15 is 0 Å². The number of nitrogens with one attached hydrogen (secondary N) is 1. The van der Waals surface area contributed by atoms with Crippen LogP contribution in [0.4, 0.5) is 0 Å². The number of hydrogen-bond donors (Lipinski definition) is 1. The average molecular weight is 251 g/mol. The summed E-state index contributed by atoms with van der Waals surface area (Å²) in [6.45, 7) is 1.15. The molecule has 2 heteroatoms. The first-order valence-corrected chi connectivity index (χ1v) is 8.09. The topological polar surface area (TPSA) is 29.1 Å². The molecule has 1 unspecified atom stereocenters. The van der Waals surface area contributed by atoms with Crippen molar-refractivity contribution in [3.63, 3.8) is 0 Å². The van der Waals surface area contributed by atoms with Gasteiger partial charge in [0.25, 0.3) is 0 Å². The summed E-state index contributed by atoms with van der Waals surface area (Å²) in [6.07, 6.45) is 14.8. The van der Waals surface area contributed by atoms with Crippen molar-refractivity contribution in [2.24, 2.45) is 5.92 Å². The zero-order valence-electron chi connectivity index (χ0n) is 11.8. The van der Waals surface area contributed by atoms with Crippen LogP contribution in [0.3, 0.4) is 0 Å². The number of ketones is 1. The second kappa shape index (κ2) is 7.93. The number of rotatable bonds is 6. The Bertz CT molecular complexity index is 215. The summed E-state index contributed by atoms with van der Waals surface area (Å²) in [5.41, 5.74) is 0. The van der Waals surface area contributed by atoms with E-state index in [1.807, 2.05) is 0 Å². The normalized spacial score (nSPS) is 26.1. The molecule has 104 valence electrons. The van der Waals surface area contributed by atoms with Crippen LogP contribution in [-0.2, 0) is 4.79 Å². The molecule has 1 saturated carbocycles. The molecule has 1 heterocycles. The van der Waals surface area contributed by atoms with Crippen molar-refractivity contribution < 1.29 is 4.79 Å². The molecule has 1 N–H and O–H groups in total. The van der Waals surface area contributed by atoms with E-state index in [4.69, 9.17) is 0 Å². The summed E-state index contributed by atoms with van der Waals surface area (Å²) in [5.74, 6) is 1.36. The molecule has 1 saturated heterocycles. The zero-order valence-corrected chi connectivity index (χ0v) is 11.8. The Morgan fingerprint density at radius 2 is 1.61 bits per heavy atom. The van der Waals surface area contributed by atoms with E-state index in [0.29, 0.717) is 11.8 Å². The van der Waals surface area contributed by atoms with Gasteiger partial charge in [0.05, 0.1) is 0 Å². The van der Waals surface area contributed by atoms with Crippen molar-refractivity contribution in [3.8, 4) is 0 Å². The minimum absolute atomic E-state index is 0.507. The van der Waals surface area contributed by atoms with Crippen LogP contribution in [0.15, 0.2) is 0 Å². The first-order chi connectivity index (χ1) is 8.84. The predicted molar refractivity (Wildman–Crippen MR) is 75.7 cm³/mol. The van der Waals surface area contributed by atoms with Gasteiger partial charge in [-0.1, -0.05) is 38.5 Å². The van der Waals surface area contributed by atoms with Gasteiger partial charge in [-0.05, 0) is 38.1 Å². The molecule has 0 amide bonds. The Morgan fingerprint density at radius 3 is 2.33 bits per heavy atom. The fraction of sp³-hybridized carbons (Fsp3) is 0.938. The summed E-state index contributed by atoms with van der Waals surface area (Å²) < 4.78 is 0. The maximum Gasteiger partial charge on any atom is 0.132 e. The molecule has 2 nitrogen and oxygen atoms in total. The van der Waals surface area contributed by atoms with Crippen LogP contribution >= 0.6 is 0 Å². The smallest absolute Gasteiger partial charge is 0.132 e. The van der Waals surface area contributed by atoms with Gasteiger partial charge in [0.1, 0.15) is 5.78 Å². The fourth-order valence-electron chi connectivity index (χ4n) is 3.47. The van der Waals surface area contributed by atoms with E-state index in [9.17, 15) is 4.79 Å². The van der Waals surface area contributed by atoms with Gasteiger partial charge in [0, 0.05) is 18.9 Å². The molecule has 1 aliphatic heterocycles. The summed E-state index contributed by atoms with van der Waals surface area (Å²) >= 11 is 0. The molecule has 1 atom stereocenters. The van der Waals surface area contributed by atoms with Crippen molar-refractivity contribution in [3.05, 3.63) is 0 Å². The van der Waals surface area contributed by atoms with Crippen LogP contribution in [0.2, 0.25) is 0 Å². The molecule has 0 aromatic carbocycles. The van der Waals surface area contributed by atoms with Gasteiger partial charge in [0.15, 0.2) is 0 Å². The zero-order chi connectivity index (χ0) is 12.6. The van der Waals surface area contributed by atoms with Gasteiger partial charge in [-0.15, -0.1) is 0 Å². The summed E-state index contributed by atoms with van der Waals surface area (Å²) in [6, 6.07) is 0.623. The SMILES string of the molecule is O=C(CCC1CCCCC1)CCC1CCCCN1. The minimum atomic E-state index is 0.507. The van der Waals surface area contributed by atoms with Gasteiger partial charge >= 0.3 is 0 Å². The molecule has 0 aromatic heterocycles. The number of piperidine rings is 1. The van der Waals surface area contributed by atoms with Gasteiger partial charge in [-0.2, -0.15) is 0 Å². The largest absolute Gasteiger partial charge is 0.314 e. The summed E-state index contributed by atoms with van der Waals surface area (Å²) in [7, 11) is 0. The third-order valence-corrected chi connectivity index (χ3v) is 4.74. The summed E-state index contributed by atoms with van der Waals surface area (Å²) in [5, 5.41) is 3.53. The first kappa shape index (κ1) is 14.0. The van der Waals surface area contributed by atoms with Crippen LogP contribution in [-0.4, -0.2) is 18.4 Å². The second-order valence-electron chi connectivity index (χ2n) is 6.27. The van der Waals surface area contributed by atoms with Crippen LogP contribution < -0.4 is 5.32 Å². The molecule has 0 radical (unpaired) electrons. The lowest BCUT2D eigenvalue weighted by Gasteiger charge is -2.23. The highest BCUT2D eigenvalue weighted by atomic mass is 16.1. The van der Waals surface area contributed by atoms with Gasteiger partial charge in [0.2, 0.25) is 0 Å². The molecular weight excluding hydrogens is 222 g/mol. The Morgan fingerprint density at radius 1 is 0.889 bits per heavy atom. The quantitative estimate of drug-likeness (QED) is 0.777. The Hall–Kier alpha value is -0.370. The third kappa shape index (κ3) is 5.09. The first-order valence-electron chi connectivity index (χ1n) is 8.09. The minimum Gasteiger partial charge on any atom is -0.314 e. The van der Waals surface area contributed by atoms with Crippen molar-refractivity contribution in [2.75, 3.05) is 6.54 Å². The average Bonchev–Trinajstić information content (AvgIpc) is 2.45. The molecule has 1 aliphatic carbocycles. The molecule has 0 aromatic rings. The monoisotopic (exact) mass is 251 g/mol. The van der Waals surface area contributed by atoms with Crippen molar-refractivity contribution in [1.29, 1.82) is 0 Å². The van der Waals surface area contributed by atoms with Crippen molar-refractivity contribution >= 4 is 5.78 Å². The molecule has 0 spiro atoms. The lowest BCUT2D eigenvalue weighted by Crippen LogP contribution is -2.34. The van der Waals surface area contributed by atoms with E-state index in [1.54, 1.807) is 0 Å². The van der Waals surface area contributed by atoms with Gasteiger partial charge in [-0.25, -0.2) is 0 Å². The lowest BCUT2D eigenvalue weighted by atomic mass is 9.85. The number of Topliss-reactive ketones (excluding diaryl/α,β-unsaturated/α-hetero) is 1. The van der Waals surface area contributed by atoms with E-state index in [0.717, 1.165) is 38.1 Å². The summed E-state index contributed by atoms with van der Waals surface area (Å²) in [4.78, 5) is 11.9. The fourth-order valence-corrected chi connectivity index (χ4v) is 3.47. The Labute approximate surface area is 112 Å².